The molecule has 1 heterocycles. The summed E-state index contributed by atoms with van der Waals surface area (Å²) in [7, 11) is 2.79. The van der Waals surface area contributed by atoms with Crippen molar-refractivity contribution in [1.82, 2.24) is 4.98 Å². The lowest BCUT2D eigenvalue weighted by Crippen LogP contribution is -2.32. The van der Waals surface area contributed by atoms with Gasteiger partial charge in [-0.3, -0.25) is 4.79 Å². The van der Waals surface area contributed by atoms with Crippen molar-refractivity contribution in [3.8, 4) is 28.5 Å². The molecular weight excluding hydrogens is 503 g/mol. The van der Waals surface area contributed by atoms with E-state index in [9.17, 15) is 28.2 Å². The van der Waals surface area contributed by atoms with Crippen LogP contribution in [0.15, 0.2) is 48.5 Å². The fourth-order valence-corrected chi connectivity index (χ4v) is 4.03. The normalized spacial score (nSPS) is 17.4. The molecule has 1 aliphatic carbocycles. The number of carbonyl (C=O) groups is 1. The van der Waals surface area contributed by atoms with Gasteiger partial charge in [0.25, 0.3) is 5.92 Å². The van der Waals surface area contributed by atoms with Gasteiger partial charge in [-0.05, 0) is 67.4 Å². The number of pyridine rings is 1. The van der Waals surface area contributed by atoms with Crippen LogP contribution in [0, 0.1) is 12.7 Å². The van der Waals surface area contributed by atoms with Gasteiger partial charge >= 0.3 is 0 Å². The molecule has 1 fully saturated rings. The monoisotopic (exact) mass is 531 g/mol. The lowest BCUT2D eigenvalue weighted by Gasteiger charge is -2.26. The molecule has 4 rings (SSSR count). The molecule has 0 radical (unpaired) electrons. The van der Waals surface area contributed by atoms with E-state index >= 15 is 0 Å². The lowest BCUT2D eigenvalue weighted by molar-refractivity contribution is -0.0298. The first-order valence-corrected chi connectivity index (χ1v) is 11.9. The maximum atomic E-state index is 13.8. The first-order valence-electron chi connectivity index (χ1n) is 11.9. The van der Waals surface area contributed by atoms with E-state index in [-0.39, 0.29) is 53.6 Å². The number of rotatable bonds is 11. The van der Waals surface area contributed by atoms with Gasteiger partial charge < -0.3 is 24.4 Å². The Balaban J connectivity index is 1.53. The number of nitrogens with zero attached hydrogens (tertiary/aromatic N) is 1. The van der Waals surface area contributed by atoms with Crippen LogP contribution in [0.1, 0.15) is 40.9 Å². The largest absolute Gasteiger partial charge is 0.494 e. The molecule has 0 bridgehead atoms. The number of carbonyl (C=O) groups excluding carboxylic acids is 1. The fraction of sp³-hybridized carbons (Fsp3) is 0.357. The highest BCUT2D eigenvalue weighted by atomic mass is 19.3. The molecule has 2 atom stereocenters. The Bertz CT molecular complexity index is 1350. The number of alkyl halides is 2. The van der Waals surface area contributed by atoms with Crippen LogP contribution in [0.2, 0.25) is 0 Å². The molecule has 0 amide bonds. The Morgan fingerprint density at radius 3 is 2.37 bits per heavy atom. The molecule has 38 heavy (non-hydrogen) atoms. The Labute approximate surface area is 217 Å². The van der Waals surface area contributed by atoms with Gasteiger partial charge in [0, 0.05) is 17.5 Å². The van der Waals surface area contributed by atoms with Gasteiger partial charge in [0.15, 0.2) is 23.4 Å². The molecule has 0 spiro atoms. The highest BCUT2D eigenvalue weighted by molar-refractivity contribution is 5.96. The minimum absolute atomic E-state index is 0.101. The quantitative estimate of drug-likeness (QED) is 0.342. The van der Waals surface area contributed by atoms with Gasteiger partial charge in [-0.1, -0.05) is 0 Å². The maximum Gasteiger partial charge on any atom is 0.288 e. The van der Waals surface area contributed by atoms with Crippen LogP contribution in [0.4, 0.5) is 13.2 Å². The minimum atomic E-state index is -2.88. The summed E-state index contributed by atoms with van der Waals surface area (Å²) in [5.74, 6) is -3.01. The molecule has 7 nitrogen and oxygen atoms in total. The number of hydrogen-bond donors (Lipinski definition) is 2. The maximum absolute atomic E-state index is 13.8. The Morgan fingerprint density at radius 2 is 1.76 bits per heavy atom. The number of aromatic nitrogens is 1. The van der Waals surface area contributed by atoms with Crippen LogP contribution in [-0.4, -0.2) is 53.8 Å². The fourth-order valence-electron chi connectivity index (χ4n) is 4.03. The van der Waals surface area contributed by atoms with Crippen LogP contribution in [-0.2, 0) is 5.60 Å². The molecule has 2 N–H and O–H groups in total. The van der Waals surface area contributed by atoms with Crippen LogP contribution in [0.3, 0.4) is 0 Å². The van der Waals surface area contributed by atoms with Crippen LogP contribution in [0.5, 0.6) is 17.2 Å². The van der Waals surface area contributed by atoms with Crippen LogP contribution < -0.4 is 14.2 Å². The number of aliphatic hydroxyl groups excluding tert-OH is 1. The summed E-state index contributed by atoms with van der Waals surface area (Å²) in [5, 5.41) is 21.3. The van der Waals surface area contributed by atoms with Crippen molar-refractivity contribution in [2.45, 2.75) is 43.8 Å². The van der Waals surface area contributed by atoms with Crippen molar-refractivity contribution in [2.24, 2.45) is 0 Å². The molecule has 0 saturated heterocycles. The number of aryl methyl sites for hydroxylation is 1. The molecule has 202 valence electrons. The smallest absolute Gasteiger partial charge is 0.288 e. The number of methoxy groups -OCH3 is 2. The highest BCUT2D eigenvalue weighted by Crippen LogP contribution is 2.46. The number of benzene rings is 2. The van der Waals surface area contributed by atoms with Crippen molar-refractivity contribution in [2.75, 3.05) is 20.8 Å². The number of ketones is 1. The molecule has 1 aliphatic rings. The summed E-state index contributed by atoms with van der Waals surface area (Å²) in [4.78, 5) is 17.4. The standard InChI is InChI=1S/C28H28F3NO6/c1-16-12-18(4-6-19(16)29)26-22(36-2)8-9-24(32-26)27(35,15-33)11-10-20(34)17-5-7-21(23(13-17)37-3)38-25-14-28(25,30)31/h4-9,12-13,25,33,35H,10-11,14-15H2,1-3H3. The second-order valence-electron chi connectivity index (χ2n) is 9.26. The van der Waals surface area contributed by atoms with Crippen LogP contribution in [0.25, 0.3) is 11.3 Å². The second kappa shape index (κ2) is 10.6. The van der Waals surface area contributed by atoms with Gasteiger partial charge in [0.1, 0.15) is 22.9 Å². The molecule has 1 aromatic heterocycles. The summed E-state index contributed by atoms with van der Waals surface area (Å²) in [5.41, 5.74) is -0.238. The van der Waals surface area contributed by atoms with E-state index < -0.39 is 24.2 Å². The molecule has 2 unspecified atom stereocenters. The minimum Gasteiger partial charge on any atom is -0.494 e. The van der Waals surface area contributed by atoms with E-state index in [1.807, 2.05) is 0 Å². The van der Waals surface area contributed by atoms with Gasteiger partial charge in [0.05, 0.1) is 32.9 Å². The molecule has 3 aromatic rings. The van der Waals surface area contributed by atoms with E-state index in [0.29, 0.717) is 22.6 Å². The topological polar surface area (TPSA) is 98.1 Å². The summed E-state index contributed by atoms with van der Waals surface area (Å²) in [6.07, 6.45) is -1.94. The predicted octanol–water partition coefficient (Wildman–Crippen LogP) is 4.84. The van der Waals surface area contributed by atoms with Crippen molar-refractivity contribution in [3.63, 3.8) is 0 Å². The summed E-state index contributed by atoms with van der Waals surface area (Å²) < 4.78 is 56.1. The number of aliphatic hydroxyl groups is 2. The van der Waals surface area contributed by atoms with Crippen molar-refractivity contribution in [3.05, 3.63) is 71.2 Å². The van der Waals surface area contributed by atoms with Crippen molar-refractivity contribution in [1.29, 1.82) is 0 Å². The molecular formula is C28H28F3NO6. The number of Topliss-reactive ketones (excluding diaryl/α,β-unsaturated/α-hetero) is 1. The van der Waals surface area contributed by atoms with E-state index in [4.69, 9.17) is 14.2 Å². The zero-order chi connectivity index (χ0) is 27.7. The summed E-state index contributed by atoms with van der Waals surface area (Å²) >= 11 is 0. The zero-order valence-electron chi connectivity index (χ0n) is 21.1. The van der Waals surface area contributed by atoms with E-state index in [0.717, 1.165) is 0 Å². The van der Waals surface area contributed by atoms with E-state index in [1.54, 1.807) is 19.1 Å². The molecule has 0 aliphatic heterocycles. The summed E-state index contributed by atoms with van der Waals surface area (Å²) in [6, 6.07) is 11.7. The van der Waals surface area contributed by atoms with Crippen LogP contribution >= 0.6 is 0 Å². The number of hydrogen-bond acceptors (Lipinski definition) is 7. The van der Waals surface area contributed by atoms with Gasteiger partial charge in [0.2, 0.25) is 0 Å². The summed E-state index contributed by atoms with van der Waals surface area (Å²) in [6.45, 7) is 0.896. The Hall–Kier alpha value is -3.63. The third-order valence-electron chi connectivity index (χ3n) is 6.54. The van der Waals surface area contributed by atoms with Crippen molar-refractivity contribution < 1.29 is 42.4 Å². The van der Waals surface area contributed by atoms with Gasteiger partial charge in [-0.25, -0.2) is 18.2 Å². The first-order chi connectivity index (χ1) is 18.0. The van der Waals surface area contributed by atoms with Crippen molar-refractivity contribution >= 4 is 5.78 Å². The number of halogens is 3. The third-order valence-corrected chi connectivity index (χ3v) is 6.54. The highest BCUT2D eigenvalue weighted by Gasteiger charge is 2.60. The Morgan fingerprint density at radius 1 is 1.08 bits per heavy atom. The van der Waals surface area contributed by atoms with Gasteiger partial charge in [-0.15, -0.1) is 0 Å². The second-order valence-corrected chi connectivity index (χ2v) is 9.26. The average Bonchev–Trinajstić information content (AvgIpc) is 3.53. The predicted molar refractivity (Wildman–Crippen MR) is 132 cm³/mol. The van der Waals surface area contributed by atoms with E-state index in [2.05, 4.69) is 4.98 Å². The zero-order valence-corrected chi connectivity index (χ0v) is 21.1. The lowest BCUT2D eigenvalue weighted by atomic mass is 9.91. The van der Waals surface area contributed by atoms with Gasteiger partial charge in [-0.2, -0.15) is 0 Å². The number of ether oxygens (including phenoxy) is 3. The van der Waals surface area contributed by atoms with E-state index in [1.165, 1.54) is 50.6 Å². The average molecular weight is 532 g/mol. The molecule has 1 saturated carbocycles. The molecule has 2 aromatic carbocycles. The Kier molecular flexibility index (Phi) is 7.66. The first kappa shape index (κ1) is 27.4. The SMILES string of the molecule is COc1cc(C(=O)CCC(O)(CO)c2ccc(OC)c(-c3ccc(F)c(C)c3)n2)ccc1OC1CC1(F)F. The molecule has 10 heteroatoms. The third kappa shape index (κ3) is 5.61.